The fourth-order valence-electron chi connectivity index (χ4n) is 3.70. The van der Waals surface area contributed by atoms with Gasteiger partial charge in [0.1, 0.15) is 6.54 Å². The number of amides is 2. The van der Waals surface area contributed by atoms with Crippen molar-refractivity contribution in [2.75, 3.05) is 19.6 Å². The van der Waals surface area contributed by atoms with Crippen molar-refractivity contribution in [3.05, 3.63) is 48.4 Å². The molecule has 3 rings (SSSR count). The molecule has 1 saturated heterocycles. The van der Waals surface area contributed by atoms with Gasteiger partial charge in [-0.15, -0.1) is 0 Å². The number of hydrogen-bond acceptors (Lipinski definition) is 4. The molecule has 148 valence electrons. The van der Waals surface area contributed by atoms with Crippen LogP contribution in [-0.2, 0) is 9.59 Å². The molecule has 2 aromatic rings. The molecule has 7 heteroatoms. The Kier molecular flexibility index (Phi) is 6.13. The van der Waals surface area contributed by atoms with Crippen LogP contribution >= 0.6 is 0 Å². The molecule has 1 aliphatic rings. The second-order valence-electron chi connectivity index (χ2n) is 6.95. The van der Waals surface area contributed by atoms with Crippen LogP contribution in [0.1, 0.15) is 36.7 Å². The number of rotatable bonds is 5. The first-order valence-corrected chi connectivity index (χ1v) is 9.38. The predicted octanol–water partition coefficient (Wildman–Crippen LogP) is 2.87. The number of benzene rings is 1. The van der Waals surface area contributed by atoms with E-state index in [-0.39, 0.29) is 24.4 Å². The lowest BCUT2D eigenvalue weighted by atomic mass is 10.1. The molecule has 0 aliphatic carbocycles. The van der Waals surface area contributed by atoms with Crippen molar-refractivity contribution in [2.24, 2.45) is 0 Å². The first kappa shape index (κ1) is 19.7. The van der Waals surface area contributed by atoms with Crippen molar-refractivity contribution >= 4 is 17.8 Å². The Morgan fingerprint density at radius 2 is 1.89 bits per heavy atom. The van der Waals surface area contributed by atoms with Crippen LogP contribution in [0.4, 0.5) is 0 Å². The van der Waals surface area contributed by atoms with E-state index in [2.05, 4.69) is 0 Å². The highest BCUT2D eigenvalue weighted by Gasteiger charge is 2.29. The maximum absolute atomic E-state index is 13.1. The van der Waals surface area contributed by atoms with E-state index in [0.29, 0.717) is 38.1 Å². The molecule has 1 aliphatic heterocycles. The molecular weight excluding hydrogens is 360 g/mol. The number of nitrogens with zero attached hydrogens (tertiary/aromatic N) is 2. The normalized spacial score (nSPS) is 17.0. The van der Waals surface area contributed by atoms with Gasteiger partial charge >= 0.3 is 5.97 Å². The Morgan fingerprint density at radius 3 is 2.57 bits per heavy atom. The van der Waals surface area contributed by atoms with Crippen molar-refractivity contribution < 1.29 is 23.9 Å². The van der Waals surface area contributed by atoms with Crippen molar-refractivity contribution in [3.63, 3.8) is 0 Å². The Balaban J connectivity index is 1.73. The Morgan fingerprint density at radius 1 is 1.14 bits per heavy atom. The Labute approximate surface area is 163 Å². The summed E-state index contributed by atoms with van der Waals surface area (Å²) in [4.78, 5) is 39.1. The van der Waals surface area contributed by atoms with E-state index >= 15 is 0 Å². The molecule has 1 aromatic heterocycles. The standard InChI is InChI=1S/C21H24N2O5/c1-15(24)23(14-19(25)26)17-8-5-11-22(12-9-17)21(27)20-18(10-13-28-20)16-6-3-2-4-7-16/h2-4,6-7,10,13,17H,5,8-9,11-12,14H2,1H3,(H,25,26). The number of carbonyl (C=O) groups excluding carboxylic acids is 2. The third-order valence-electron chi connectivity index (χ3n) is 5.08. The van der Waals surface area contributed by atoms with Crippen LogP contribution in [0.2, 0.25) is 0 Å². The van der Waals surface area contributed by atoms with E-state index in [0.717, 1.165) is 11.1 Å². The minimum Gasteiger partial charge on any atom is -0.480 e. The van der Waals surface area contributed by atoms with E-state index in [1.807, 2.05) is 30.3 Å². The second kappa shape index (κ2) is 8.73. The van der Waals surface area contributed by atoms with E-state index in [9.17, 15) is 14.4 Å². The summed E-state index contributed by atoms with van der Waals surface area (Å²) >= 11 is 0. The molecule has 1 aromatic carbocycles. The number of aliphatic carboxylic acids is 1. The fraction of sp³-hybridized carbons (Fsp3) is 0.381. The van der Waals surface area contributed by atoms with E-state index in [1.54, 1.807) is 11.0 Å². The summed E-state index contributed by atoms with van der Waals surface area (Å²) in [7, 11) is 0. The molecule has 7 nitrogen and oxygen atoms in total. The predicted molar refractivity (Wildman–Crippen MR) is 103 cm³/mol. The van der Waals surface area contributed by atoms with Gasteiger partial charge < -0.3 is 19.3 Å². The smallest absolute Gasteiger partial charge is 0.323 e. The average Bonchev–Trinajstić information content (AvgIpc) is 3.04. The topological polar surface area (TPSA) is 91.1 Å². The quantitative estimate of drug-likeness (QED) is 0.856. The zero-order chi connectivity index (χ0) is 20.1. The van der Waals surface area contributed by atoms with Crippen LogP contribution in [0.25, 0.3) is 11.1 Å². The first-order chi connectivity index (χ1) is 13.5. The SMILES string of the molecule is CC(=O)N(CC(=O)O)C1CCCN(C(=O)c2occc2-c2ccccc2)CC1. The maximum Gasteiger partial charge on any atom is 0.323 e. The van der Waals surface area contributed by atoms with Gasteiger partial charge in [0, 0.05) is 31.6 Å². The maximum atomic E-state index is 13.1. The summed E-state index contributed by atoms with van der Waals surface area (Å²) in [6.07, 6.45) is 3.42. The summed E-state index contributed by atoms with van der Waals surface area (Å²) in [5.74, 6) is -1.17. The van der Waals surface area contributed by atoms with Gasteiger partial charge in [-0.2, -0.15) is 0 Å². The molecule has 2 amide bonds. The van der Waals surface area contributed by atoms with Gasteiger partial charge in [-0.3, -0.25) is 14.4 Å². The van der Waals surface area contributed by atoms with Crippen LogP contribution in [0.15, 0.2) is 47.1 Å². The van der Waals surface area contributed by atoms with Gasteiger partial charge in [-0.05, 0) is 30.9 Å². The lowest BCUT2D eigenvalue weighted by Gasteiger charge is -2.28. The van der Waals surface area contributed by atoms with Crippen LogP contribution in [0.5, 0.6) is 0 Å². The van der Waals surface area contributed by atoms with Crippen molar-refractivity contribution in [3.8, 4) is 11.1 Å². The number of carboxylic acid groups (broad SMARTS) is 1. The molecule has 28 heavy (non-hydrogen) atoms. The van der Waals surface area contributed by atoms with E-state index in [4.69, 9.17) is 9.52 Å². The molecule has 1 unspecified atom stereocenters. The molecule has 1 fully saturated rings. The summed E-state index contributed by atoms with van der Waals surface area (Å²) in [6, 6.07) is 11.2. The molecule has 1 N–H and O–H groups in total. The molecule has 2 heterocycles. The van der Waals surface area contributed by atoms with Crippen LogP contribution in [0.3, 0.4) is 0 Å². The molecular formula is C21H24N2O5. The van der Waals surface area contributed by atoms with Crippen molar-refractivity contribution in [1.82, 2.24) is 9.80 Å². The minimum absolute atomic E-state index is 0.183. The largest absolute Gasteiger partial charge is 0.480 e. The van der Waals surface area contributed by atoms with Gasteiger partial charge in [0.15, 0.2) is 5.76 Å². The number of hydrogen-bond donors (Lipinski definition) is 1. The second-order valence-corrected chi connectivity index (χ2v) is 6.95. The van der Waals surface area contributed by atoms with Crippen LogP contribution in [-0.4, -0.2) is 58.4 Å². The van der Waals surface area contributed by atoms with Gasteiger partial charge in [-0.25, -0.2) is 0 Å². The molecule has 0 bridgehead atoms. The third kappa shape index (κ3) is 4.42. The highest BCUT2D eigenvalue weighted by atomic mass is 16.4. The molecule has 0 saturated carbocycles. The average molecular weight is 384 g/mol. The minimum atomic E-state index is -1.03. The zero-order valence-electron chi connectivity index (χ0n) is 15.8. The summed E-state index contributed by atoms with van der Waals surface area (Å²) < 4.78 is 5.51. The van der Waals surface area contributed by atoms with Gasteiger partial charge in [-0.1, -0.05) is 30.3 Å². The van der Waals surface area contributed by atoms with Crippen LogP contribution in [0, 0.1) is 0 Å². The highest BCUT2D eigenvalue weighted by Crippen LogP contribution is 2.27. The summed E-state index contributed by atoms with van der Waals surface area (Å²) in [5.41, 5.74) is 1.67. The lowest BCUT2D eigenvalue weighted by molar-refractivity contribution is -0.145. The summed E-state index contributed by atoms with van der Waals surface area (Å²) in [5, 5.41) is 9.07. The van der Waals surface area contributed by atoms with Crippen molar-refractivity contribution in [1.29, 1.82) is 0 Å². The lowest BCUT2D eigenvalue weighted by Crippen LogP contribution is -2.43. The number of furan rings is 1. The highest BCUT2D eigenvalue weighted by molar-refractivity contribution is 5.98. The first-order valence-electron chi connectivity index (χ1n) is 9.38. The summed E-state index contributed by atoms with van der Waals surface area (Å²) in [6.45, 7) is 2.06. The van der Waals surface area contributed by atoms with Crippen LogP contribution < -0.4 is 0 Å². The molecule has 1 atom stereocenters. The Bertz CT molecular complexity index is 845. The monoisotopic (exact) mass is 384 g/mol. The fourth-order valence-corrected chi connectivity index (χ4v) is 3.70. The number of carboxylic acids is 1. The van der Waals surface area contributed by atoms with E-state index in [1.165, 1.54) is 18.1 Å². The molecule has 0 radical (unpaired) electrons. The van der Waals surface area contributed by atoms with Gasteiger partial charge in [0.2, 0.25) is 5.91 Å². The van der Waals surface area contributed by atoms with Gasteiger partial charge in [0.05, 0.1) is 6.26 Å². The number of carbonyl (C=O) groups is 3. The van der Waals surface area contributed by atoms with Gasteiger partial charge in [0.25, 0.3) is 5.91 Å². The third-order valence-corrected chi connectivity index (χ3v) is 5.08. The Hall–Kier alpha value is -3.09. The zero-order valence-corrected chi connectivity index (χ0v) is 15.8. The van der Waals surface area contributed by atoms with Crippen molar-refractivity contribution in [2.45, 2.75) is 32.2 Å². The number of likely N-dealkylation sites (tertiary alicyclic amines) is 1. The molecule has 0 spiro atoms. The van der Waals surface area contributed by atoms with E-state index < -0.39 is 5.97 Å².